The first-order chi connectivity index (χ1) is 7.74. The normalized spacial score (nSPS) is 19.4. The largest absolute Gasteiger partial charge is 0.385 e. The van der Waals surface area contributed by atoms with E-state index in [2.05, 4.69) is 44.3 Å². The van der Waals surface area contributed by atoms with E-state index in [1.807, 2.05) is 0 Å². The minimum absolute atomic E-state index is 0.138. The van der Waals surface area contributed by atoms with E-state index < -0.39 is 0 Å². The van der Waals surface area contributed by atoms with Gasteiger partial charge in [-0.3, -0.25) is 0 Å². The third kappa shape index (κ3) is 2.32. The van der Waals surface area contributed by atoms with Crippen molar-refractivity contribution < 1.29 is 0 Å². The molecule has 1 aromatic rings. The number of hydrogen-bond donors (Lipinski definition) is 1. The smallest absolute Gasteiger partial charge is 0.0530 e. The maximum Gasteiger partial charge on any atom is 0.0530 e. The third-order valence-corrected chi connectivity index (χ3v) is 7.14. The molecule has 1 atom stereocenters. The SMILES string of the molecule is CC[Si](CC)[C@H]1CNc2cc(C)ccc2C1. The zero-order valence-electron chi connectivity index (χ0n) is 10.6. The summed E-state index contributed by atoms with van der Waals surface area (Å²) in [5, 5.41) is 3.63. The lowest BCUT2D eigenvalue weighted by Crippen LogP contribution is -2.30. The fourth-order valence-electron chi connectivity index (χ4n) is 2.72. The molecule has 1 radical (unpaired) electrons. The van der Waals surface area contributed by atoms with E-state index >= 15 is 0 Å². The van der Waals surface area contributed by atoms with Crippen molar-refractivity contribution in [1.82, 2.24) is 0 Å². The number of fused-ring (bicyclic) bond motifs is 1. The van der Waals surface area contributed by atoms with Crippen LogP contribution in [0.2, 0.25) is 17.6 Å². The van der Waals surface area contributed by atoms with E-state index in [1.54, 1.807) is 0 Å². The van der Waals surface area contributed by atoms with Crippen LogP contribution in [0.5, 0.6) is 0 Å². The lowest BCUT2D eigenvalue weighted by Gasteiger charge is -2.30. The standard InChI is InChI=1S/C14H22NSi/c1-4-16(5-2)13-9-12-7-6-11(3)8-14(12)15-10-13/h6-8,13,15H,4-5,9-10H2,1-3H3/t13-/m1/s1. The van der Waals surface area contributed by atoms with Crippen LogP contribution >= 0.6 is 0 Å². The van der Waals surface area contributed by atoms with E-state index in [-0.39, 0.29) is 8.80 Å². The van der Waals surface area contributed by atoms with E-state index in [0.717, 1.165) is 5.54 Å². The van der Waals surface area contributed by atoms with Gasteiger partial charge in [-0.05, 0) is 36.1 Å². The van der Waals surface area contributed by atoms with Crippen LogP contribution in [0.4, 0.5) is 5.69 Å². The molecule has 2 heteroatoms. The van der Waals surface area contributed by atoms with Gasteiger partial charge >= 0.3 is 0 Å². The molecule has 87 valence electrons. The highest BCUT2D eigenvalue weighted by Crippen LogP contribution is 2.31. The van der Waals surface area contributed by atoms with Gasteiger partial charge < -0.3 is 5.32 Å². The molecule has 1 heterocycles. The Labute approximate surface area is 101 Å². The van der Waals surface area contributed by atoms with Gasteiger partial charge in [0.15, 0.2) is 0 Å². The summed E-state index contributed by atoms with van der Waals surface area (Å²) in [4.78, 5) is 0. The van der Waals surface area contributed by atoms with Crippen molar-refractivity contribution in [1.29, 1.82) is 0 Å². The molecule has 0 aromatic heterocycles. The Morgan fingerprint density at radius 1 is 1.31 bits per heavy atom. The Morgan fingerprint density at radius 2 is 2.06 bits per heavy atom. The van der Waals surface area contributed by atoms with E-state index in [1.165, 1.54) is 41.9 Å². The highest BCUT2D eigenvalue weighted by atomic mass is 28.3. The lowest BCUT2D eigenvalue weighted by molar-refractivity contribution is 0.795. The number of aryl methyl sites for hydroxylation is 1. The van der Waals surface area contributed by atoms with Gasteiger partial charge in [0.25, 0.3) is 0 Å². The van der Waals surface area contributed by atoms with Crippen LogP contribution in [0, 0.1) is 6.92 Å². The number of rotatable bonds is 3. The van der Waals surface area contributed by atoms with Gasteiger partial charge in [-0.25, -0.2) is 0 Å². The van der Waals surface area contributed by atoms with Crippen LogP contribution in [-0.4, -0.2) is 15.3 Å². The molecule has 0 unspecified atom stereocenters. The monoisotopic (exact) mass is 232 g/mol. The maximum atomic E-state index is 3.63. The van der Waals surface area contributed by atoms with Gasteiger partial charge in [0.1, 0.15) is 0 Å². The van der Waals surface area contributed by atoms with E-state index in [0.29, 0.717) is 0 Å². The van der Waals surface area contributed by atoms with Gasteiger partial charge in [0.2, 0.25) is 0 Å². The van der Waals surface area contributed by atoms with Crippen LogP contribution < -0.4 is 5.32 Å². The Hall–Kier alpha value is -0.763. The molecule has 0 saturated carbocycles. The second-order valence-electron chi connectivity index (χ2n) is 4.81. The van der Waals surface area contributed by atoms with Crippen molar-refractivity contribution in [2.75, 3.05) is 11.9 Å². The minimum Gasteiger partial charge on any atom is -0.385 e. The Balaban J connectivity index is 2.14. The number of benzene rings is 1. The molecule has 0 spiro atoms. The molecule has 0 amide bonds. The van der Waals surface area contributed by atoms with Gasteiger partial charge in [0, 0.05) is 12.2 Å². The summed E-state index contributed by atoms with van der Waals surface area (Å²) in [7, 11) is -0.138. The first-order valence-electron chi connectivity index (χ1n) is 6.42. The number of nitrogens with one attached hydrogen (secondary N) is 1. The second-order valence-corrected chi connectivity index (χ2v) is 8.36. The Kier molecular flexibility index (Phi) is 3.69. The topological polar surface area (TPSA) is 12.0 Å². The fraction of sp³-hybridized carbons (Fsp3) is 0.571. The van der Waals surface area contributed by atoms with Gasteiger partial charge in [-0.1, -0.05) is 38.1 Å². The summed E-state index contributed by atoms with van der Waals surface area (Å²) in [6, 6.07) is 9.67. The zero-order valence-corrected chi connectivity index (χ0v) is 11.6. The summed E-state index contributed by atoms with van der Waals surface area (Å²) in [5.74, 6) is 0. The lowest BCUT2D eigenvalue weighted by atomic mass is 10.0. The van der Waals surface area contributed by atoms with Crippen LogP contribution in [0.3, 0.4) is 0 Å². The molecule has 1 aromatic carbocycles. The Bertz CT molecular complexity index is 358. The summed E-state index contributed by atoms with van der Waals surface area (Å²) in [6.07, 6.45) is 1.30. The molecule has 1 aliphatic heterocycles. The second kappa shape index (κ2) is 5.04. The quantitative estimate of drug-likeness (QED) is 0.780. The molecule has 0 fully saturated rings. The average molecular weight is 232 g/mol. The summed E-state index contributed by atoms with van der Waals surface area (Å²) >= 11 is 0. The molecule has 1 nitrogen and oxygen atoms in total. The molecule has 16 heavy (non-hydrogen) atoms. The molecule has 0 bridgehead atoms. The van der Waals surface area contributed by atoms with Crippen LogP contribution in [0.15, 0.2) is 18.2 Å². The molecule has 2 rings (SSSR count). The highest BCUT2D eigenvalue weighted by Gasteiger charge is 2.24. The van der Waals surface area contributed by atoms with Crippen LogP contribution in [-0.2, 0) is 6.42 Å². The molecule has 1 N–H and O–H groups in total. The van der Waals surface area contributed by atoms with Crippen molar-refractivity contribution in [2.24, 2.45) is 0 Å². The molecular formula is C14H22NSi. The molecular weight excluding hydrogens is 210 g/mol. The molecule has 1 aliphatic rings. The van der Waals surface area contributed by atoms with E-state index in [4.69, 9.17) is 0 Å². The van der Waals surface area contributed by atoms with Crippen LogP contribution in [0.1, 0.15) is 25.0 Å². The predicted molar refractivity (Wildman–Crippen MR) is 73.8 cm³/mol. The van der Waals surface area contributed by atoms with Crippen molar-refractivity contribution in [2.45, 2.75) is 44.8 Å². The summed E-state index contributed by atoms with van der Waals surface area (Å²) in [6.45, 7) is 8.10. The van der Waals surface area contributed by atoms with Gasteiger partial charge in [-0.15, -0.1) is 0 Å². The first-order valence-corrected chi connectivity index (χ1v) is 8.41. The van der Waals surface area contributed by atoms with Crippen molar-refractivity contribution >= 4 is 14.5 Å². The molecule has 0 saturated heterocycles. The predicted octanol–water partition coefficient (Wildman–Crippen LogP) is 3.87. The minimum atomic E-state index is -0.138. The zero-order chi connectivity index (χ0) is 11.5. The van der Waals surface area contributed by atoms with Crippen molar-refractivity contribution in [3.63, 3.8) is 0 Å². The van der Waals surface area contributed by atoms with Crippen molar-refractivity contribution in [3.05, 3.63) is 29.3 Å². The maximum absolute atomic E-state index is 3.63. The third-order valence-electron chi connectivity index (χ3n) is 3.76. The van der Waals surface area contributed by atoms with Gasteiger partial charge in [-0.2, -0.15) is 0 Å². The van der Waals surface area contributed by atoms with Gasteiger partial charge in [0.05, 0.1) is 8.80 Å². The number of hydrogen-bond acceptors (Lipinski definition) is 1. The summed E-state index contributed by atoms with van der Waals surface area (Å²) in [5.41, 5.74) is 5.20. The van der Waals surface area contributed by atoms with E-state index in [9.17, 15) is 0 Å². The highest BCUT2D eigenvalue weighted by molar-refractivity contribution is 6.60. The number of anilines is 1. The van der Waals surface area contributed by atoms with Crippen LogP contribution in [0.25, 0.3) is 0 Å². The molecule has 0 aliphatic carbocycles. The summed E-state index contributed by atoms with van der Waals surface area (Å²) < 4.78 is 0. The first kappa shape index (κ1) is 11.7. The average Bonchev–Trinajstić information content (AvgIpc) is 2.31. The fourth-order valence-corrected chi connectivity index (χ4v) is 5.27. The van der Waals surface area contributed by atoms with Crippen molar-refractivity contribution in [3.8, 4) is 0 Å². The Morgan fingerprint density at radius 3 is 2.75 bits per heavy atom.